The number of fused-ring (bicyclic) bond motifs is 2. The van der Waals surface area contributed by atoms with Gasteiger partial charge in [-0.15, -0.1) is 0 Å². The van der Waals surface area contributed by atoms with E-state index in [1.165, 1.54) is 11.3 Å². The van der Waals surface area contributed by atoms with E-state index in [2.05, 4.69) is 71.2 Å². The van der Waals surface area contributed by atoms with Gasteiger partial charge in [0.1, 0.15) is 5.75 Å². The molecule has 8 heteroatoms. The largest absolute Gasteiger partial charge is 0.496 e. The van der Waals surface area contributed by atoms with Gasteiger partial charge < -0.3 is 18.8 Å². The van der Waals surface area contributed by atoms with E-state index in [4.69, 9.17) is 13.9 Å². The van der Waals surface area contributed by atoms with Gasteiger partial charge in [0.25, 0.3) is 0 Å². The molecule has 1 aliphatic heterocycles. The third-order valence-corrected chi connectivity index (χ3v) is 6.87. The normalized spacial score (nSPS) is 17.1. The van der Waals surface area contributed by atoms with Crippen LogP contribution in [0.1, 0.15) is 61.7 Å². The van der Waals surface area contributed by atoms with Gasteiger partial charge in [-0.3, -0.25) is 4.79 Å². The van der Waals surface area contributed by atoms with Crippen LogP contribution in [-0.2, 0) is 0 Å². The molecule has 1 aliphatic rings. The Labute approximate surface area is 208 Å². The van der Waals surface area contributed by atoms with Crippen LogP contribution in [0.15, 0.2) is 44.3 Å². The number of halogens is 1. The number of nitrogens with one attached hydrogen (secondary N) is 1. The Hall–Kier alpha value is -3.00. The summed E-state index contributed by atoms with van der Waals surface area (Å²) in [7, 11) is 3.20. The topological polar surface area (TPSA) is 76.3 Å². The average Bonchev–Trinajstić information content (AvgIpc) is 3.22. The van der Waals surface area contributed by atoms with Gasteiger partial charge in [-0.05, 0) is 62.9 Å². The monoisotopic (exact) mass is 527 g/mol. The summed E-state index contributed by atoms with van der Waals surface area (Å²) in [6.45, 7) is 9.89. The molecular formula is C26H30BrN3O4. The second kappa shape index (κ2) is 9.33. The predicted molar refractivity (Wildman–Crippen MR) is 139 cm³/mol. The molecule has 1 amide bonds. The molecule has 0 spiro atoms. The lowest BCUT2D eigenvalue weighted by atomic mass is 9.79. The molecule has 0 saturated heterocycles. The van der Waals surface area contributed by atoms with Crippen molar-refractivity contribution >= 4 is 44.7 Å². The molecule has 7 nitrogen and oxygen atoms in total. The van der Waals surface area contributed by atoms with Crippen LogP contribution < -0.4 is 19.8 Å². The quantitative estimate of drug-likeness (QED) is 0.310. The van der Waals surface area contributed by atoms with Gasteiger partial charge in [0.15, 0.2) is 17.1 Å². The van der Waals surface area contributed by atoms with E-state index in [9.17, 15) is 4.79 Å². The maximum atomic E-state index is 12.7. The Morgan fingerprint density at radius 3 is 2.65 bits per heavy atom. The number of anilines is 1. The van der Waals surface area contributed by atoms with Gasteiger partial charge in [-0.2, -0.15) is 5.10 Å². The lowest BCUT2D eigenvalue weighted by Gasteiger charge is -2.47. The Morgan fingerprint density at radius 1 is 1.24 bits per heavy atom. The highest BCUT2D eigenvalue weighted by atomic mass is 79.9. The standard InChI is InChI=1S/C26H30BrN3O4/c1-7-30-20-12-21(32-5)17(9-19(20)15(2)13-26(30,3)4)14-28-29-25(31)23-10-16-8-18(27)11-22(33-6)24(16)34-23/h8-12,14-15H,7,13H2,1-6H3,(H,29,31)/b28-14-. The van der Waals surface area contributed by atoms with Gasteiger partial charge in [0.2, 0.25) is 0 Å². The third-order valence-electron chi connectivity index (χ3n) is 6.41. The Bertz CT molecular complexity index is 1260. The molecule has 1 unspecified atom stereocenters. The molecule has 1 aromatic heterocycles. The zero-order valence-electron chi connectivity index (χ0n) is 20.4. The predicted octanol–water partition coefficient (Wildman–Crippen LogP) is 6.09. The summed E-state index contributed by atoms with van der Waals surface area (Å²) in [5.74, 6) is 1.35. The summed E-state index contributed by atoms with van der Waals surface area (Å²) in [5.41, 5.74) is 6.38. The molecule has 3 aromatic rings. The van der Waals surface area contributed by atoms with Crippen molar-refractivity contribution in [3.63, 3.8) is 0 Å². The van der Waals surface area contributed by atoms with Crippen LogP contribution in [-0.4, -0.2) is 38.4 Å². The number of hydrogen-bond donors (Lipinski definition) is 1. The number of carbonyl (C=O) groups is 1. The average molecular weight is 528 g/mol. The minimum Gasteiger partial charge on any atom is -0.496 e. The highest BCUT2D eigenvalue weighted by Gasteiger charge is 2.36. The number of amides is 1. The molecule has 2 heterocycles. The molecule has 0 bridgehead atoms. The molecule has 4 rings (SSSR count). The SMILES string of the molecule is CCN1c2cc(OC)c(/C=N\NC(=O)c3cc4cc(Br)cc(OC)c4o3)cc2C(C)CC1(C)C. The van der Waals surface area contributed by atoms with Crippen LogP contribution in [0.2, 0.25) is 0 Å². The van der Waals surface area contributed by atoms with Gasteiger partial charge in [0.05, 0.1) is 20.4 Å². The first-order chi connectivity index (χ1) is 16.2. The zero-order chi connectivity index (χ0) is 24.6. The van der Waals surface area contributed by atoms with E-state index in [1.807, 2.05) is 6.07 Å². The smallest absolute Gasteiger partial charge is 0.307 e. The second-order valence-corrected chi connectivity index (χ2v) is 10.1. The molecule has 0 radical (unpaired) electrons. The Morgan fingerprint density at radius 2 is 1.97 bits per heavy atom. The summed E-state index contributed by atoms with van der Waals surface area (Å²) < 4.78 is 17.6. The van der Waals surface area contributed by atoms with E-state index < -0.39 is 5.91 Å². The van der Waals surface area contributed by atoms with E-state index in [-0.39, 0.29) is 11.3 Å². The molecule has 0 aliphatic carbocycles. The van der Waals surface area contributed by atoms with Crippen LogP contribution in [0.5, 0.6) is 11.5 Å². The first-order valence-corrected chi connectivity index (χ1v) is 12.1. The number of benzene rings is 2. The summed E-state index contributed by atoms with van der Waals surface area (Å²) in [5, 5.41) is 4.94. The molecule has 0 saturated carbocycles. The molecule has 34 heavy (non-hydrogen) atoms. The third kappa shape index (κ3) is 4.39. The Balaban J connectivity index is 1.59. The van der Waals surface area contributed by atoms with Crippen LogP contribution in [0.4, 0.5) is 5.69 Å². The van der Waals surface area contributed by atoms with Crippen molar-refractivity contribution in [2.24, 2.45) is 5.10 Å². The first kappa shape index (κ1) is 24.1. The van der Waals surface area contributed by atoms with Crippen LogP contribution in [0.3, 0.4) is 0 Å². The molecule has 0 fully saturated rings. The van der Waals surface area contributed by atoms with E-state index in [0.717, 1.165) is 28.4 Å². The van der Waals surface area contributed by atoms with E-state index in [1.54, 1.807) is 32.6 Å². The van der Waals surface area contributed by atoms with Crippen LogP contribution >= 0.6 is 15.9 Å². The molecule has 1 atom stereocenters. The van der Waals surface area contributed by atoms with E-state index >= 15 is 0 Å². The van der Waals surface area contributed by atoms with Crippen molar-refractivity contribution in [3.8, 4) is 11.5 Å². The molecule has 180 valence electrons. The lowest BCUT2D eigenvalue weighted by molar-refractivity contribution is 0.0929. The minimum absolute atomic E-state index is 0.0700. The number of nitrogens with zero attached hydrogens (tertiary/aromatic N) is 2. The Kier molecular flexibility index (Phi) is 6.62. The molecule has 1 N–H and O–H groups in total. The molecular weight excluding hydrogens is 498 g/mol. The van der Waals surface area contributed by atoms with Gasteiger partial charge >= 0.3 is 5.91 Å². The van der Waals surface area contributed by atoms with Crippen molar-refractivity contribution in [1.82, 2.24) is 5.43 Å². The van der Waals surface area contributed by atoms with Crippen molar-refractivity contribution in [1.29, 1.82) is 0 Å². The van der Waals surface area contributed by atoms with Crippen molar-refractivity contribution in [2.75, 3.05) is 25.7 Å². The summed E-state index contributed by atoms with van der Waals surface area (Å²) >= 11 is 3.44. The fraction of sp³-hybridized carbons (Fsp3) is 0.385. The number of hydrogen-bond acceptors (Lipinski definition) is 6. The van der Waals surface area contributed by atoms with Gasteiger partial charge in [-0.1, -0.05) is 22.9 Å². The number of carbonyl (C=O) groups excluding carboxylic acids is 1. The lowest BCUT2D eigenvalue weighted by Crippen LogP contribution is -2.48. The first-order valence-electron chi connectivity index (χ1n) is 11.3. The maximum Gasteiger partial charge on any atom is 0.307 e. The van der Waals surface area contributed by atoms with Crippen molar-refractivity contribution in [3.05, 3.63) is 51.7 Å². The van der Waals surface area contributed by atoms with E-state index in [0.29, 0.717) is 23.0 Å². The number of furan rings is 1. The maximum absolute atomic E-state index is 12.7. The zero-order valence-corrected chi connectivity index (χ0v) is 21.9. The van der Waals surface area contributed by atoms with Gasteiger partial charge in [0, 0.05) is 39.3 Å². The second-order valence-electron chi connectivity index (χ2n) is 9.15. The summed E-state index contributed by atoms with van der Waals surface area (Å²) in [6, 6.07) is 9.49. The van der Waals surface area contributed by atoms with Gasteiger partial charge in [-0.25, -0.2) is 5.43 Å². The highest BCUT2D eigenvalue weighted by Crippen LogP contribution is 2.45. The highest BCUT2D eigenvalue weighted by molar-refractivity contribution is 9.10. The number of hydrazone groups is 1. The van der Waals surface area contributed by atoms with Crippen LogP contribution in [0, 0.1) is 0 Å². The summed E-state index contributed by atoms with van der Waals surface area (Å²) in [6.07, 6.45) is 2.67. The van der Waals surface area contributed by atoms with Crippen LogP contribution in [0.25, 0.3) is 11.0 Å². The minimum atomic E-state index is -0.449. The number of rotatable bonds is 6. The molecule has 2 aromatic carbocycles. The fourth-order valence-electron chi connectivity index (χ4n) is 4.97. The number of ether oxygens (including phenoxy) is 2. The summed E-state index contributed by atoms with van der Waals surface area (Å²) in [4.78, 5) is 15.1. The number of methoxy groups -OCH3 is 2. The fourth-order valence-corrected chi connectivity index (χ4v) is 5.42. The van der Waals surface area contributed by atoms with Crippen molar-refractivity contribution in [2.45, 2.75) is 45.6 Å². The van der Waals surface area contributed by atoms with Crippen molar-refractivity contribution < 1.29 is 18.7 Å².